The maximum atomic E-state index is 12.9. The minimum Gasteiger partial charge on any atom is -0.493 e. The maximum absolute atomic E-state index is 12.9. The number of methoxy groups -OCH3 is 2. The summed E-state index contributed by atoms with van der Waals surface area (Å²) in [7, 11) is 3.01. The SMILES string of the molecule is COc1ccc(/C=N\Nc2ccccc2C(F)(F)F)cc1OC. The normalized spacial score (nSPS) is 11.5. The van der Waals surface area contributed by atoms with E-state index in [1.54, 1.807) is 18.2 Å². The molecule has 0 amide bonds. The molecule has 0 heterocycles. The Balaban J connectivity index is 2.17. The van der Waals surface area contributed by atoms with Crippen molar-refractivity contribution in [3.8, 4) is 11.5 Å². The lowest BCUT2D eigenvalue weighted by Crippen LogP contribution is -2.08. The molecule has 0 radical (unpaired) electrons. The van der Waals surface area contributed by atoms with Gasteiger partial charge in [-0.15, -0.1) is 0 Å². The van der Waals surface area contributed by atoms with Gasteiger partial charge in [-0.05, 0) is 35.9 Å². The Morgan fingerprint density at radius 3 is 2.35 bits per heavy atom. The molecule has 0 aliphatic heterocycles. The van der Waals surface area contributed by atoms with E-state index >= 15 is 0 Å². The maximum Gasteiger partial charge on any atom is 0.418 e. The molecule has 2 aromatic rings. The molecular formula is C16H15F3N2O2. The van der Waals surface area contributed by atoms with Crippen molar-refractivity contribution in [2.75, 3.05) is 19.6 Å². The number of hydrazone groups is 1. The number of ether oxygens (including phenoxy) is 2. The lowest BCUT2D eigenvalue weighted by Gasteiger charge is -2.11. The van der Waals surface area contributed by atoms with Crippen molar-refractivity contribution >= 4 is 11.9 Å². The van der Waals surface area contributed by atoms with Crippen LogP contribution in [0.3, 0.4) is 0 Å². The molecule has 2 rings (SSSR count). The summed E-state index contributed by atoms with van der Waals surface area (Å²) in [6, 6.07) is 10.2. The van der Waals surface area contributed by atoms with Crippen molar-refractivity contribution in [3.05, 3.63) is 53.6 Å². The van der Waals surface area contributed by atoms with Crippen LogP contribution in [0.15, 0.2) is 47.6 Å². The fourth-order valence-electron chi connectivity index (χ4n) is 1.94. The zero-order chi connectivity index (χ0) is 16.9. The zero-order valence-electron chi connectivity index (χ0n) is 12.5. The Morgan fingerprint density at radius 2 is 1.70 bits per heavy atom. The van der Waals surface area contributed by atoms with Gasteiger partial charge in [-0.3, -0.25) is 5.43 Å². The van der Waals surface area contributed by atoms with Crippen LogP contribution in [-0.4, -0.2) is 20.4 Å². The molecule has 4 nitrogen and oxygen atoms in total. The molecule has 0 spiro atoms. The average Bonchev–Trinajstić information content (AvgIpc) is 2.54. The van der Waals surface area contributed by atoms with Gasteiger partial charge in [-0.2, -0.15) is 18.3 Å². The summed E-state index contributed by atoms with van der Waals surface area (Å²) in [6.07, 6.45) is -3.04. The number of benzene rings is 2. The molecule has 0 aromatic heterocycles. The summed E-state index contributed by atoms with van der Waals surface area (Å²) >= 11 is 0. The minimum atomic E-state index is -4.44. The summed E-state index contributed by atoms with van der Waals surface area (Å²) in [5, 5.41) is 3.85. The van der Waals surface area contributed by atoms with E-state index in [0.29, 0.717) is 17.1 Å². The van der Waals surface area contributed by atoms with Gasteiger partial charge in [0.25, 0.3) is 0 Å². The highest BCUT2D eigenvalue weighted by Crippen LogP contribution is 2.34. The van der Waals surface area contributed by atoms with Crippen molar-refractivity contribution in [1.29, 1.82) is 0 Å². The Labute approximate surface area is 131 Å². The molecular weight excluding hydrogens is 309 g/mol. The molecule has 122 valence electrons. The standard InChI is InChI=1S/C16H15F3N2O2/c1-22-14-8-7-11(9-15(14)23-2)10-20-21-13-6-4-3-5-12(13)16(17,18)19/h3-10,21H,1-2H3/b20-10-. The number of hydrogen-bond donors (Lipinski definition) is 1. The number of rotatable bonds is 5. The van der Waals surface area contributed by atoms with Crippen LogP contribution in [0.25, 0.3) is 0 Å². The van der Waals surface area contributed by atoms with Gasteiger partial charge in [0.05, 0.1) is 31.7 Å². The number of alkyl halides is 3. The minimum absolute atomic E-state index is 0.114. The Hall–Kier alpha value is -2.70. The fourth-order valence-corrected chi connectivity index (χ4v) is 1.94. The molecule has 2 aromatic carbocycles. The number of nitrogens with zero attached hydrogens (tertiary/aromatic N) is 1. The van der Waals surface area contributed by atoms with Gasteiger partial charge in [0.2, 0.25) is 0 Å². The van der Waals surface area contributed by atoms with Crippen molar-refractivity contribution < 1.29 is 22.6 Å². The van der Waals surface area contributed by atoms with Gasteiger partial charge in [0, 0.05) is 0 Å². The summed E-state index contributed by atoms with van der Waals surface area (Å²) < 4.78 is 48.8. The van der Waals surface area contributed by atoms with Crippen LogP contribution in [0, 0.1) is 0 Å². The van der Waals surface area contributed by atoms with Crippen LogP contribution in [-0.2, 0) is 6.18 Å². The van der Waals surface area contributed by atoms with E-state index in [0.717, 1.165) is 6.07 Å². The van der Waals surface area contributed by atoms with Gasteiger partial charge in [-0.1, -0.05) is 12.1 Å². The van der Waals surface area contributed by atoms with Crippen molar-refractivity contribution in [3.63, 3.8) is 0 Å². The van der Waals surface area contributed by atoms with Crippen LogP contribution < -0.4 is 14.9 Å². The van der Waals surface area contributed by atoms with Crippen LogP contribution >= 0.6 is 0 Å². The second-order valence-corrected chi connectivity index (χ2v) is 4.53. The first-order valence-electron chi connectivity index (χ1n) is 6.63. The van der Waals surface area contributed by atoms with E-state index in [4.69, 9.17) is 9.47 Å². The highest BCUT2D eigenvalue weighted by atomic mass is 19.4. The first kappa shape index (κ1) is 16.7. The average molecular weight is 324 g/mol. The van der Waals surface area contributed by atoms with E-state index in [9.17, 15) is 13.2 Å². The van der Waals surface area contributed by atoms with Crippen LogP contribution in [0.4, 0.5) is 18.9 Å². The molecule has 0 aliphatic rings. The monoisotopic (exact) mass is 324 g/mol. The molecule has 7 heteroatoms. The fraction of sp³-hybridized carbons (Fsp3) is 0.188. The van der Waals surface area contributed by atoms with Crippen molar-refractivity contribution in [2.45, 2.75) is 6.18 Å². The Bertz CT molecular complexity index is 700. The summed E-state index contributed by atoms with van der Waals surface area (Å²) in [6.45, 7) is 0. The second kappa shape index (κ2) is 7.04. The zero-order valence-corrected chi connectivity index (χ0v) is 12.5. The van der Waals surface area contributed by atoms with E-state index in [1.165, 1.54) is 38.6 Å². The van der Waals surface area contributed by atoms with Crippen molar-refractivity contribution in [2.24, 2.45) is 5.10 Å². The number of nitrogens with one attached hydrogen (secondary N) is 1. The second-order valence-electron chi connectivity index (χ2n) is 4.53. The third kappa shape index (κ3) is 4.15. The number of anilines is 1. The molecule has 23 heavy (non-hydrogen) atoms. The first-order valence-corrected chi connectivity index (χ1v) is 6.63. The van der Waals surface area contributed by atoms with Gasteiger partial charge < -0.3 is 9.47 Å². The van der Waals surface area contributed by atoms with Crippen LogP contribution in [0.2, 0.25) is 0 Å². The topological polar surface area (TPSA) is 42.8 Å². The van der Waals surface area contributed by atoms with Gasteiger partial charge in [0.15, 0.2) is 11.5 Å². The van der Waals surface area contributed by atoms with Crippen LogP contribution in [0.1, 0.15) is 11.1 Å². The van der Waals surface area contributed by atoms with E-state index in [1.807, 2.05) is 0 Å². The molecule has 0 bridgehead atoms. The highest BCUT2D eigenvalue weighted by molar-refractivity contribution is 5.81. The molecule has 0 fully saturated rings. The third-order valence-electron chi connectivity index (χ3n) is 3.04. The molecule has 0 saturated carbocycles. The summed E-state index contributed by atoms with van der Waals surface area (Å²) in [4.78, 5) is 0. The molecule has 0 saturated heterocycles. The highest BCUT2D eigenvalue weighted by Gasteiger charge is 2.33. The van der Waals surface area contributed by atoms with Crippen molar-refractivity contribution in [1.82, 2.24) is 0 Å². The van der Waals surface area contributed by atoms with E-state index < -0.39 is 11.7 Å². The number of halogens is 3. The first-order chi connectivity index (χ1) is 11.0. The van der Waals surface area contributed by atoms with Gasteiger partial charge in [-0.25, -0.2) is 0 Å². The molecule has 1 N–H and O–H groups in total. The van der Waals surface area contributed by atoms with E-state index in [-0.39, 0.29) is 5.69 Å². The summed E-state index contributed by atoms with van der Waals surface area (Å²) in [5.74, 6) is 1.06. The summed E-state index contributed by atoms with van der Waals surface area (Å²) in [5.41, 5.74) is 2.18. The quantitative estimate of drug-likeness (QED) is 0.663. The lowest BCUT2D eigenvalue weighted by atomic mass is 10.2. The van der Waals surface area contributed by atoms with Gasteiger partial charge >= 0.3 is 6.18 Å². The number of para-hydroxylation sites is 1. The van der Waals surface area contributed by atoms with E-state index in [2.05, 4.69) is 10.5 Å². The molecule has 0 atom stereocenters. The Morgan fingerprint density at radius 1 is 1.00 bits per heavy atom. The van der Waals surface area contributed by atoms with Crippen LogP contribution in [0.5, 0.6) is 11.5 Å². The van der Waals surface area contributed by atoms with Gasteiger partial charge in [0.1, 0.15) is 0 Å². The molecule has 0 unspecified atom stereocenters. The Kier molecular flexibility index (Phi) is 5.10. The predicted molar refractivity (Wildman–Crippen MR) is 82.2 cm³/mol. The molecule has 0 aliphatic carbocycles. The number of hydrogen-bond acceptors (Lipinski definition) is 4. The smallest absolute Gasteiger partial charge is 0.418 e. The largest absolute Gasteiger partial charge is 0.493 e. The lowest BCUT2D eigenvalue weighted by molar-refractivity contribution is -0.136. The predicted octanol–water partition coefficient (Wildman–Crippen LogP) is 4.17. The third-order valence-corrected chi connectivity index (χ3v) is 3.04.